The number of hydrogen-bond donors (Lipinski definition) is 2. The monoisotopic (exact) mass is 468 g/mol. The minimum absolute atomic E-state index is 0.266. The van der Waals surface area contributed by atoms with E-state index in [1.54, 1.807) is 12.1 Å². The molecule has 2 amide bonds. The van der Waals surface area contributed by atoms with E-state index >= 15 is 0 Å². The van der Waals surface area contributed by atoms with Crippen LogP contribution in [0.25, 0.3) is 10.6 Å². The zero-order valence-corrected chi connectivity index (χ0v) is 17.9. The lowest BCUT2D eigenvalue weighted by molar-refractivity contribution is -0.125. The van der Waals surface area contributed by atoms with Gasteiger partial charge in [-0.1, -0.05) is 88.6 Å². The number of rotatable bonds is 7. The number of anilines is 1. The number of nitrogens with zero attached hydrogens (tertiary/aromatic N) is 2. The number of amides is 2. The second-order valence-corrected chi connectivity index (χ2v) is 8.47. The van der Waals surface area contributed by atoms with Gasteiger partial charge in [0.1, 0.15) is 11.0 Å². The van der Waals surface area contributed by atoms with Gasteiger partial charge in [-0.25, -0.2) is 0 Å². The Hall–Kier alpha value is -2.19. The Morgan fingerprint density at radius 1 is 0.966 bits per heavy atom. The van der Waals surface area contributed by atoms with Gasteiger partial charge in [0, 0.05) is 17.0 Å². The van der Waals surface area contributed by atoms with Crippen LogP contribution in [0.4, 0.5) is 5.13 Å². The highest BCUT2D eigenvalue weighted by Crippen LogP contribution is 2.27. The molecule has 0 aliphatic carbocycles. The molecule has 150 valence electrons. The molecule has 0 spiro atoms. The van der Waals surface area contributed by atoms with E-state index in [1.165, 1.54) is 11.3 Å². The van der Waals surface area contributed by atoms with Crippen molar-refractivity contribution in [1.29, 1.82) is 0 Å². The fourth-order valence-electron chi connectivity index (χ4n) is 2.47. The zero-order chi connectivity index (χ0) is 20.8. The van der Waals surface area contributed by atoms with Crippen LogP contribution in [0.5, 0.6) is 0 Å². The number of alkyl halides is 2. The Morgan fingerprint density at radius 2 is 1.66 bits per heavy atom. The second kappa shape index (κ2) is 10.0. The summed E-state index contributed by atoms with van der Waals surface area (Å²) in [5.41, 5.74) is 1.70. The van der Waals surface area contributed by atoms with Crippen LogP contribution in [0.2, 0.25) is 5.02 Å². The third-order valence-electron chi connectivity index (χ3n) is 3.86. The molecule has 3 aromatic rings. The number of benzene rings is 2. The minimum atomic E-state index is -1.28. The van der Waals surface area contributed by atoms with Crippen LogP contribution in [0.1, 0.15) is 5.56 Å². The van der Waals surface area contributed by atoms with E-state index in [9.17, 15) is 9.59 Å². The fraction of sp³-hybridized carbons (Fsp3) is 0.158. The molecule has 3 rings (SSSR count). The molecule has 1 atom stereocenters. The van der Waals surface area contributed by atoms with Crippen molar-refractivity contribution in [1.82, 2.24) is 15.5 Å². The number of aromatic nitrogens is 2. The van der Waals surface area contributed by atoms with Crippen molar-refractivity contribution in [2.45, 2.75) is 17.3 Å². The van der Waals surface area contributed by atoms with E-state index < -0.39 is 22.7 Å². The van der Waals surface area contributed by atoms with Crippen molar-refractivity contribution in [3.8, 4) is 10.6 Å². The molecule has 2 N–H and O–H groups in total. The molecule has 0 aliphatic heterocycles. The first-order valence-electron chi connectivity index (χ1n) is 8.45. The first-order valence-corrected chi connectivity index (χ1v) is 10.5. The van der Waals surface area contributed by atoms with Gasteiger partial charge in [-0.05, 0) is 17.7 Å². The number of carbonyl (C=O) groups is 2. The number of halogens is 3. The fourth-order valence-corrected chi connectivity index (χ4v) is 3.47. The van der Waals surface area contributed by atoms with E-state index in [0.29, 0.717) is 15.2 Å². The highest BCUT2D eigenvalue weighted by atomic mass is 35.5. The van der Waals surface area contributed by atoms with Crippen LogP contribution < -0.4 is 10.6 Å². The number of carbonyl (C=O) groups excluding carboxylic acids is 2. The van der Waals surface area contributed by atoms with Crippen LogP contribution in [-0.2, 0) is 16.0 Å². The summed E-state index contributed by atoms with van der Waals surface area (Å²) in [6, 6.07) is 15.5. The highest BCUT2D eigenvalue weighted by molar-refractivity contribution is 7.18. The topological polar surface area (TPSA) is 84.0 Å². The largest absolute Gasteiger partial charge is 0.342 e. The summed E-state index contributed by atoms with van der Waals surface area (Å²) < 4.78 is 0. The van der Waals surface area contributed by atoms with Gasteiger partial charge in [-0.2, -0.15) is 0 Å². The third kappa shape index (κ3) is 6.14. The SMILES string of the molecule is O=C(NC(Cc1ccccc1)C(=O)Nc1nnc(-c2ccc(Cl)cc2)s1)C(Cl)Cl. The van der Waals surface area contributed by atoms with E-state index in [4.69, 9.17) is 34.8 Å². The van der Waals surface area contributed by atoms with Crippen molar-refractivity contribution in [3.05, 3.63) is 65.2 Å². The predicted octanol–water partition coefficient (Wildman–Crippen LogP) is 4.33. The molecule has 0 saturated carbocycles. The van der Waals surface area contributed by atoms with Crippen LogP contribution in [0.15, 0.2) is 54.6 Å². The minimum Gasteiger partial charge on any atom is -0.342 e. The maximum atomic E-state index is 12.8. The summed E-state index contributed by atoms with van der Waals surface area (Å²) in [5.74, 6) is -1.10. The van der Waals surface area contributed by atoms with Gasteiger partial charge in [0.15, 0.2) is 4.84 Å². The molecule has 0 aliphatic rings. The Kier molecular flexibility index (Phi) is 7.44. The molecule has 1 heterocycles. The Balaban J connectivity index is 1.73. The molecule has 6 nitrogen and oxygen atoms in total. The maximum absolute atomic E-state index is 12.8. The van der Waals surface area contributed by atoms with Crippen molar-refractivity contribution < 1.29 is 9.59 Å². The Labute approximate surface area is 186 Å². The van der Waals surface area contributed by atoms with Crippen molar-refractivity contribution in [3.63, 3.8) is 0 Å². The predicted molar refractivity (Wildman–Crippen MR) is 117 cm³/mol. The van der Waals surface area contributed by atoms with Gasteiger partial charge in [0.2, 0.25) is 11.0 Å². The van der Waals surface area contributed by atoms with Crippen LogP contribution in [0, 0.1) is 0 Å². The van der Waals surface area contributed by atoms with Gasteiger partial charge in [0.25, 0.3) is 5.91 Å². The van der Waals surface area contributed by atoms with Gasteiger partial charge in [0.05, 0.1) is 0 Å². The smallest absolute Gasteiger partial charge is 0.253 e. The van der Waals surface area contributed by atoms with Crippen LogP contribution in [-0.4, -0.2) is 32.9 Å². The van der Waals surface area contributed by atoms with Crippen molar-refractivity contribution in [2.75, 3.05) is 5.32 Å². The lowest BCUT2D eigenvalue weighted by Crippen LogP contribution is -2.47. The highest BCUT2D eigenvalue weighted by Gasteiger charge is 2.25. The normalized spacial score (nSPS) is 11.9. The van der Waals surface area contributed by atoms with E-state index in [2.05, 4.69) is 20.8 Å². The summed E-state index contributed by atoms with van der Waals surface area (Å²) in [6.07, 6.45) is 0.266. The van der Waals surface area contributed by atoms with Crippen LogP contribution in [0.3, 0.4) is 0 Å². The first-order chi connectivity index (χ1) is 13.9. The lowest BCUT2D eigenvalue weighted by Gasteiger charge is -2.18. The molecule has 2 aromatic carbocycles. The van der Waals surface area contributed by atoms with Gasteiger partial charge in [-0.3, -0.25) is 14.9 Å². The summed E-state index contributed by atoms with van der Waals surface area (Å²) >= 11 is 18.3. The standard InChI is InChI=1S/C19H15Cl3N4O2S/c20-13-8-6-12(7-9-13)18-25-26-19(29-18)24-16(27)14(23-17(28)15(21)22)10-11-4-2-1-3-5-11/h1-9,14-15H,10H2,(H,23,28)(H,24,26,27). The average molecular weight is 470 g/mol. The molecule has 0 radical (unpaired) electrons. The molecule has 29 heavy (non-hydrogen) atoms. The quantitative estimate of drug-likeness (QED) is 0.505. The summed E-state index contributed by atoms with van der Waals surface area (Å²) in [7, 11) is 0. The molecular formula is C19H15Cl3N4O2S. The van der Waals surface area contributed by atoms with Crippen molar-refractivity contribution >= 4 is 63.1 Å². The van der Waals surface area contributed by atoms with Gasteiger partial charge >= 0.3 is 0 Å². The maximum Gasteiger partial charge on any atom is 0.253 e. The molecule has 10 heteroatoms. The third-order valence-corrected chi connectivity index (χ3v) is 5.40. The molecule has 0 bridgehead atoms. The Morgan fingerprint density at radius 3 is 2.31 bits per heavy atom. The van der Waals surface area contributed by atoms with Gasteiger partial charge in [-0.15, -0.1) is 10.2 Å². The van der Waals surface area contributed by atoms with Gasteiger partial charge < -0.3 is 5.32 Å². The second-order valence-electron chi connectivity index (χ2n) is 5.96. The lowest BCUT2D eigenvalue weighted by atomic mass is 10.1. The van der Waals surface area contributed by atoms with Crippen molar-refractivity contribution in [2.24, 2.45) is 0 Å². The number of hydrogen-bond acceptors (Lipinski definition) is 5. The molecule has 1 aromatic heterocycles. The van der Waals surface area contributed by atoms with E-state index in [0.717, 1.165) is 11.1 Å². The number of nitrogens with one attached hydrogen (secondary N) is 2. The van der Waals surface area contributed by atoms with E-state index in [-0.39, 0.29) is 6.42 Å². The zero-order valence-electron chi connectivity index (χ0n) is 14.8. The van der Waals surface area contributed by atoms with E-state index in [1.807, 2.05) is 42.5 Å². The summed E-state index contributed by atoms with van der Waals surface area (Å²) in [5, 5.41) is 14.9. The molecular weight excluding hydrogens is 455 g/mol. The molecule has 0 saturated heterocycles. The van der Waals surface area contributed by atoms with Crippen LogP contribution >= 0.6 is 46.1 Å². The first kappa shape index (κ1) is 21.5. The molecule has 1 unspecified atom stereocenters. The molecule has 0 fully saturated rings. The Bertz CT molecular complexity index is 981. The average Bonchev–Trinajstić information content (AvgIpc) is 3.17. The summed E-state index contributed by atoms with van der Waals surface area (Å²) in [6.45, 7) is 0. The summed E-state index contributed by atoms with van der Waals surface area (Å²) in [4.78, 5) is 23.4.